The highest BCUT2D eigenvalue weighted by atomic mass is 32.2. The first-order chi connectivity index (χ1) is 9.60. The minimum absolute atomic E-state index is 0.276. The van der Waals surface area contributed by atoms with Crippen LogP contribution in [0.4, 0.5) is 0 Å². The highest BCUT2D eigenvalue weighted by Gasteiger charge is 2.30. The molecule has 1 atom stereocenters. The van der Waals surface area contributed by atoms with Gasteiger partial charge in [0.05, 0.1) is 28.7 Å². The van der Waals surface area contributed by atoms with E-state index in [1.54, 1.807) is 13.2 Å². The van der Waals surface area contributed by atoms with Crippen LogP contribution >= 0.6 is 0 Å². The van der Waals surface area contributed by atoms with Crippen molar-refractivity contribution in [2.45, 2.75) is 37.0 Å². The van der Waals surface area contributed by atoms with E-state index in [0.29, 0.717) is 24.7 Å². The van der Waals surface area contributed by atoms with Crippen LogP contribution in [-0.4, -0.2) is 34.8 Å². The van der Waals surface area contributed by atoms with E-state index < -0.39 is 16.8 Å². The lowest BCUT2D eigenvalue weighted by Crippen LogP contribution is -2.13. The quantitative estimate of drug-likeness (QED) is 0.840. The van der Waals surface area contributed by atoms with Gasteiger partial charge < -0.3 is 9.84 Å². The van der Waals surface area contributed by atoms with Gasteiger partial charge in [-0.15, -0.1) is 0 Å². The van der Waals surface area contributed by atoms with Crippen LogP contribution in [0.5, 0.6) is 0 Å². The highest BCUT2D eigenvalue weighted by Crippen LogP contribution is 2.44. The first kappa shape index (κ1) is 15.2. The molecule has 0 unspecified atom stereocenters. The molecule has 0 radical (unpaired) electrons. The fourth-order valence-corrected chi connectivity index (χ4v) is 3.99. The minimum Gasteiger partial charge on any atom is -0.478 e. The smallest absolute Gasteiger partial charge is 0.336 e. The Morgan fingerprint density at radius 3 is 2.65 bits per heavy atom. The third kappa shape index (κ3) is 3.10. The molecule has 0 heterocycles. The second kappa shape index (κ2) is 6.50. The van der Waals surface area contributed by atoms with Crippen LogP contribution in [0, 0.1) is 0 Å². The zero-order chi connectivity index (χ0) is 14.7. The summed E-state index contributed by atoms with van der Waals surface area (Å²) in [7, 11) is 0.375. The summed E-state index contributed by atoms with van der Waals surface area (Å²) in [6.07, 6.45) is 2.78. The van der Waals surface area contributed by atoms with Crippen LogP contribution < -0.4 is 0 Å². The van der Waals surface area contributed by atoms with Crippen molar-refractivity contribution in [3.8, 4) is 0 Å². The molecule has 1 aromatic carbocycles. The van der Waals surface area contributed by atoms with Gasteiger partial charge in [-0.25, -0.2) is 4.79 Å². The van der Waals surface area contributed by atoms with E-state index in [2.05, 4.69) is 0 Å². The number of rotatable bonds is 7. The molecule has 0 saturated heterocycles. The van der Waals surface area contributed by atoms with Gasteiger partial charge in [0, 0.05) is 12.0 Å². The maximum atomic E-state index is 12.5. The van der Waals surface area contributed by atoms with Gasteiger partial charge in [0.25, 0.3) is 0 Å². The number of methoxy groups -OCH3 is 1. The molecule has 0 aliphatic heterocycles. The maximum absolute atomic E-state index is 12.5. The van der Waals surface area contributed by atoms with Gasteiger partial charge in [0.1, 0.15) is 0 Å². The zero-order valence-corrected chi connectivity index (χ0v) is 12.7. The summed E-state index contributed by atoms with van der Waals surface area (Å²) in [6, 6.07) is 3.51. The summed E-state index contributed by atoms with van der Waals surface area (Å²) >= 11 is 0. The van der Waals surface area contributed by atoms with Crippen LogP contribution in [0.15, 0.2) is 17.0 Å². The van der Waals surface area contributed by atoms with Gasteiger partial charge in [-0.2, -0.15) is 0 Å². The van der Waals surface area contributed by atoms with Crippen molar-refractivity contribution in [1.29, 1.82) is 0 Å². The molecule has 1 N–H and O–H groups in total. The third-order valence-corrected chi connectivity index (χ3v) is 5.07. The molecule has 4 nitrogen and oxygen atoms in total. The molecule has 1 aliphatic carbocycles. The number of aromatic carboxylic acids is 1. The summed E-state index contributed by atoms with van der Waals surface area (Å²) in [4.78, 5) is 12.1. The topological polar surface area (TPSA) is 63.6 Å². The molecule has 5 heteroatoms. The molecule has 0 amide bonds. The summed E-state index contributed by atoms with van der Waals surface area (Å²) in [5, 5.41) is 9.30. The molecule has 2 rings (SSSR count). The third-order valence-electron chi connectivity index (χ3n) is 3.59. The molecule has 1 saturated carbocycles. The SMILES string of the molecule is CCc1c(C(=O)O)ccc(C2CC2)c1[S@@](=O)CCOC. The molecule has 110 valence electrons. The largest absolute Gasteiger partial charge is 0.478 e. The fourth-order valence-electron chi connectivity index (χ4n) is 2.44. The van der Waals surface area contributed by atoms with Gasteiger partial charge in [-0.1, -0.05) is 13.0 Å². The molecule has 1 fully saturated rings. The van der Waals surface area contributed by atoms with Crippen molar-refractivity contribution in [3.63, 3.8) is 0 Å². The van der Waals surface area contributed by atoms with Gasteiger partial charge in [-0.3, -0.25) is 4.21 Å². The number of carboxylic acid groups (broad SMARTS) is 1. The Kier molecular flexibility index (Phi) is 4.94. The average Bonchev–Trinajstić information content (AvgIpc) is 3.27. The van der Waals surface area contributed by atoms with E-state index in [1.165, 1.54) is 0 Å². The van der Waals surface area contributed by atoms with Crippen LogP contribution in [0.2, 0.25) is 0 Å². The lowest BCUT2D eigenvalue weighted by atomic mass is 9.99. The van der Waals surface area contributed by atoms with Crippen LogP contribution in [0.3, 0.4) is 0 Å². The van der Waals surface area contributed by atoms with Gasteiger partial charge in [0.15, 0.2) is 0 Å². The first-order valence-electron chi connectivity index (χ1n) is 6.86. The second-order valence-electron chi connectivity index (χ2n) is 4.99. The summed E-state index contributed by atoms with van der Waals surface area (Å²) in [5.41, 5.74) is 2.07. The standard InChI is InChI=1S/C15H20O4S/c1-3-11-13(15(16)17)7-6-12(10-4-5-10)14(11)20(18)9-8-19-2/h6-7,10H,3-5,8-9H2,1-2H3,(H,16,17)/t20-/m0/s1. The number of ether oxygens (including phenoxy) is 1. The molecular formula is C15H20O4S. The summed E-state index contributed by atoms with van der Waals surface area (Å²) in [5.74, 6) is -0.0921. The Labute approximate surface area is 121 Å². The molecule has 20 heavy (non-hydrogen) atoms. The van der Waals surface area contributed by atoms with Crippen LogP contribution in [0.25, 0.3) is 0 Å². The maximum Gasteiger partial charge on any atom is 0.336 e. The van der Waals surface area contributed by atoms with E-state index >= 15 is 0 Å². The molecular weight excluding hydrogens is 276 g/mol. The van der Waals surface area contributed by atoms with Crippen molar-refractivity contribution < 1.29 is 18.8 Å². The predicted octanol–water partition coefficient (Wildman–Crippen LogP) is 2.58. The van der Waals surface area contributed by atoms with Gasteiger partial charge in [-0.05, 0) is 42.4 Å². The Hall–Kier alpha value is -1.20. The first-order valence-corrected chi connectivity index (χ1v) is 8.18. The molecule has 1 aliphatic rings. The van der Waals surface area contributed by atoms with E-state index in [9.17, 15) is 14.1 Å². The van der Waals surface area contributed by atoms with Crippen molar-refractivity contribution in [2.75, 3.05) is 19.5 Å². The van der Waals surface area contributed by atoms with Crippen molar-refractivity contribution in [1.82, 2.24) is 0 Å². The minimum atomic E-state index is -1.20. The predicted molar refractivity (Wildman–Crippen MR) is 77.9 cm³/mol. The van der Waals surface area contributed by atoms with Gasteiger partial charge >= 0.3 is 5.97 Å². The van der Waals surface area contributed by atoms with E-state index in [-0.39, 0.29) is 5.56 Å². The van der Waals surface area contributed by atoms with Crippen LogP contribution in [0.1, 0.15) is 47.2 Å². The molecule has 1 aromatic rings. The number of hydrogen-bond acceptors (Lipinski definition) is 3. The molecule has 0 spiro atoms. The fraction of sp³-hybridized carbons (Fsp3) is 0.533. The van der Waals surface area contributed by atoms with Crippen molar-refractivity contribution >= 4 is 16.8 Å². The van der Waals surface area contributed by atoms with E-state index in [4.69, 9.17) is 4.74 Å². The summed E-state index contributed by atoms with van der Waals surface area (Å²) in [6.45, 7) is 2.33. The van der Waals surface area contributed by atoms with E-state index in [1.807, 2.05) is 13.0 Å². The normalized spacial score (nSPS) is 16.1. The number of hydrogen-bond donors (Lipinski definition) is 1. The highest BCUT2D eigenvalue weighted by molar-refractivity contribution is 7.85. The number of benzene rings is 1. The van der Waals surface area contributed by atoms with Crippen molar-refractivity contribution in [3.05, 3.63) is 28.8 Å². The Morgan fingerprint density at radius 1 is 1.45 bits per heavy atom. The van der Waals surface area contributed by atoms with E-state index in [0.717, 1.165) is 28.9 Å². The van der Waals surface area contributed by atoms with Crippen LogP contribution in [-0.2, 0) is 22.0 Å². The number of carboxylic acids is 1. The van der Waals surface area contributed by atoms with Gasteiger partial charge in [0.2, 0.25) is 0 Å². The molecule has 0 bridgehead atoms. The lowest BCUT2D eigenvalue weighted by molar-refractivity contribution is 0.0695. The summed E-state index contributed by atoms with van der Waals surface area (Å²) < 4.78 is 17.5. The Morgan fingerprint density at radius 2 is 2.15 bits per heavy atom. The Bertz CT molecular complexity index is 535. The zero-order valence-electron chi connectivity index (χ0n) is 11.8. The molecule has 0 aromatic heterocycles. The average molecular weight is 296 g/mol. The lowest BCUT2D eigenvalue weighted by Gasteiger charge is -2.15. The Balaban J connectivity index is 2.50. The van der Waals surface area contributed by atoms with Crippen molar-refractivity contribution in [2.24, 2.45) is 0 Å². The number of carbonyl (C=O) groups is 1. The monoisotopic (exact) mass is 296 g/mol. The second-order valence-corrected chi connectivity index (χ2v) is 6.49.